The van der Waals surface area contributed by atoms with E-state index in [1.165, 1.54) is 6.42 Å². The predicted octanol–water partition coefficient (Wildman–Crippen LogP) is 0.139. The van der Waals surface area contributed by atoms with Gasteiger partial charge in [0.2, 0.25) is 0 Å². The van der Waals surface area contributed by atoms with Gasteiger partial charge >= 0.3 is 6.03 Å². The minimum absolute atomic E-state index is 0.0324. The Morgan fingerprint density at radius 1 is 1.58 bits per heavy atom. The van der Waals surface area contributed by atoms with Gasteiger partial charge < -0.3 is 16.0 Å². The van der Waals surface area contributed by atoms with Crippen molar-refractivity contribution in [3.05, 3.63) is 0 Å². The van der Waals surface area contributed by atoms with Gasteiger partial charge in [-0.05, 0) is 33.4 Å². The summed E-state index contributed by atoms with van der Waals surface area (Å²) < 4.78 is 0. The first-order valence-corrected chi connectivity index (χ1v) is 4.26. The van der Waals surface area contributed by atoms with Crippen LogP contribution in [0.3, 0.4) is 0 Å². The molecule has 70 valence electrons. The second-order valence-corrected chi connectivity index (χ2v) is 3.86. The molecule has 1 saturated carbocycles. The summed E-state index contributed by atoms with van der Waals surface area (Å²) in [6, 6.07) is -0.406. The number of amides is 2. The topological polar surface area (TPSA) is 58.4 Å². The highest BCUT2D eigenvalue weighted by atomic mass is 16.2. The second-order valence-electron chi connectivity index (χ2n) is 3.86. The number of carbonyl (C=O) groups excluding carboxylic acids is 1. The van der Waals surface area contributed by atoms with Crippen molar-refractivity contribution in [2.24, 2.45) is 5.73 Å². The normalized spacial score (nSPS) is 20.2. The van der Waals surface area contributed by atoms with Crippen molar-refractivity contribution in [1.29, 1.82) is 0 Å². The third-order valence-corrected chi connectivity index (χ3v) is 2.32. The van der Waals surface area contributed by atoms with Gasteiger partial charge in [-0.15, -0.1) is 0 Å². The van der Waals surface area contributed by atoms with Crippen LogP contribution >= 0.6 is 0 Å². The molecule has 1 rings (SSSR count). The third-order valence-electron chi connectivity index (χ3n) is 2.32. The van der Waals surface area contributed by atoms with Crippen LogP contribution in [0.2, 0.25) is 0 Å². The molecule has 4 nitrogen and oxygen atoms in total. The fraction of sp³-hybridized carbons (Fsp3) is 0.875. The molecule has 0 atom stereocenters. The highest BCUT2D eigenvalue weighted by Crippen LogP contribution is 2.31. The van der Waals surface area contributed by atoms with Crippen molar-refractivity contribution in [2.45, 2.75) is 24.8 Å². The molecule has 0 saturated heterocycles. The Morgan fingerprint density at radius 3 is 2.42 bits per heavy atom. The molecule has 0 spiro atoms. The van der Waals surface area contributed by atoms with Crippen LogP contribution in [0.4, 0.5) is 4.79 Å². The molecule has 1 aliphatic carbocycles. The zero-order valence-electron chi connectivity index (χ0n) is 7.76. The maximum atomic E-state index is 10.7. The monoisotopic (exact) mass is 171 g/mol. The number of primary amides is 1. The van der Waals surface area contributed by atoms with Crippen molar-refractivity contribution < 1.29 is 4.79 Å². The Morgan fingerprint density at radius 2 is 2.17 bits per heavy atom. The van der Waals surface area contributed by atoms with Gasteiger partial charge in [-0.2, -0.15) is 0 Å². The molecule has 4 heteroatoms. The number of urea groups is 1. The number of rotatable bonds is 3. The molecule has 0 heterocycles. The van der Waals surface area contributed by atoms with Gasteiger partial charge in [0.1, 0.15) is 0 Å². The maximum absolute atomic E-state index is 10.7. The lowest BCUT2D eigenvalue weighted by Crippen LogP contribution is -2.60. The Bertz CT molecular complexity index is 175. The van der Waals surface area contributed by atoms with E-state index < -0.39 is 6.03 Å². The molecule has 0 bridgehead atoms. The van der Waals surface area contributed by atoms with Crippen LogP contribution in [0.1, 0.15) is 19.3 Å². The second kappa shape index (κ2) is 3.31. The summed E-state index contributed by atoms with van der Waals surface area (Å²) in [6.45, 7) is 0.885. The molecule has 0 aliphatic heterocycles. The van der Waals surface area contributed by atoms with E-state index in [-0.39, 0.29) is 5.54 Å². The van der Waals surface area contributed by atoms with Crippen LogP contribution < -0.4 is 11.1 Å². The summed E-state index contributed by atoms with van der Waals surface area (Å²) in [5.41, 5.74) is 5.06. The lowest BCUT2D eigenvalue weighted by molar-refractivity contribution is 0.143. The van der Waals surface area contributed by atoms with Crippen molar-refractivity contribution in [3.8, 4) is 0 Å². The summed E-state index contributed by atoms with van der Waals surface area (Å²) >= 11 is 0. The van der Waals surface area contributed by atoms with E-state index in [4.69, 9.17) is 5.73 Å². The van der Waals surface area contributed by atoms with Crippen molar-refractivity contribution in [2.75, 3.05) is 20.6 Å². The van der Waals surface area contributed by atoms with Gasteiger partial charge in [-0.25, -0.2) is 4.79 Å². The number of likely N-dealkylation sites (N-methyl/N-ethyl adjacent to an activating group) is 1. The summed E-state index contributed by atoms with van der Waals surface area (Å²) in [5, 5.41) is 2.82. The summed E-state index contributed by atoms with van der Waals surface area (Å²) in [7, 11) is 4.01. The van der Waals surface area contributed by atoms with E-state index in [2.05, 4.69) is 10.2 Å². The average Bonchev–Trinajstić information content (AvgIpc) is 1.80. The smallest absolute Gasteiger partial charge is 0.312 e. The van der Waals surface area contributed by atoms with E-state index in [9.17, 15) is 4.79 Å². The van der Waals surface area contributed by atoms with Crippen LogP contribution in [0, 0.1) is 0 Å². The Balaban J connectivity index is 2.45. The molecule has 0 unspecified atom stereocenters. The Hall–Kier alpha value is -0.770. The van der Waals surface area contributed by atoms with E-state index >= 15 is 0 Å². The molecular formula is C8H17N3O. The van der Waals surface area contributed by atoms with Gasteiger partial charge in [0.25, 0.3) is 0 Å². The van der Waals surface area contributed by atoms with Crippen LogP contribution in [-0.4, -0.2) is 37.1 Å². The number of nitrogens with two attached hydrogens (primary N) is 1. The molecule has 0 aromatic rings. The quantitative estimate of drug-likeness (QED) is 0.634. The van der Waals surface area contributed by atoms with E-state index in [0.717, 1.165) is 19.4 Å². The largest absolute Gasteiger partial charge is 0.352 e. The van der Waals surface area contributed by atoms with E-state index in [0.29, 0.717) is 0 Å². The molecular weight excluding hydrogens is 154 g/mol. The zero-order chi connectivity index (χ0) is 9.19. The van der Waals surface area contributed by atoms with Crippen molar-refractivity contribution in [3.63, 3.8) is 0 Å². The lowest BCUT2D eigenvalue weighted by Gasteiger charge is -2.43. The van der Waals surface area contributed by atoms with Gasteiger partial charge in [-0.1, -0.05) is 0 Å². The van der Waals surface area contributed by atoms with Crippen molar-refractivity contribution in [1.82, 2.24) is 10.2 Å². The third kappa shape index (κ3) is 2.11. The fourth-order valence-corrected chi connectivity index (χ4v) is 1.79. The summed E-state index contributed by atoms with van der Waals surface area (Å²) in [4.78, 5) is 12.8. The molecule has 1 fully saturated rings. The van der Waals surface area contributed by atoms with E-state index in [1.54, 1.807) is 0 Å². The molecule has 3 N–H and O–H groups in total. The summed E-state index contributed by atoms with van der Waals surface area (Å²) in [5.74, 6) is 0. The first-order valence-electron chi connectivity index (χ1n) is 4.26. The van der Waals surface area contributed by atoms with Gasteiger partial charge in [0, 0.05) is 6.54 Å². The molecule has 12 heavy (non-hydrogen) atoms. The minimum Gasteiger partial charge on any atom is -0.352 e. The lowest BCUT2D eigenvalue weighted by atomic mass is 9.76. The SMILES string of the molecule is CN(C)CC1(NC(N)=O)CCC1. The van der Waals surface area contributed by atoms with Gasteiger partial charge in [0.05, 0.1) is 5.54 Å². The Labute approximate surface area is 73.1 Å². The Kier molecular flexibility index (Phi) is 2.57. The standard InChI is InChI=1S/C8H17N3O/c1-11(2)6-8(4-3-5-8)10-7(9)12/h3-6H2,1-2H3,(H3,9,10,12). The average molecular weight is 171 g/mol. The van der Waals surface area contributed by atoms with E-state index in [1.807, 2.05) is 14.1 Å². The molecule has 0 aromatic carbocycles. The first kappa shape index (κ1) is 9.32. The van der Waals surface area contributed by atoms with Gasteiger partial charge in [-0.3, -0.25) is 0 Å². The highest BCUT2D eigenvalue weighted by molar-refractivity contribution is 5.72. The number of nitrogens with one attached hydrogen (secondary N) is 1. The van der Waals surface area contributed by atoms with Crippen LogP contribution in [0.25, 0.3) is 0 Å². The number of hydrogen-bond donors (Lipinski definition) is 2. The number of nitrogens with zero attached hydrogens (tertiary/aromatic N) is 1. The molecule has 0 aromatic heterocycles. The van der Waals surface area contributed by atoms with Crippen LogP contribution in [-0.2, 0) is 0 Å². The predicted molar refractivity (Wildman–Crippen MR) is 47.9 cm³/mol. The molecule has 1 aliphatic rings. The summed E-state index contributed by atoms with van der Waals surface area (Å²) in [6.07, 6.45) is 3.29. The zero-order valence-corrected chi connectivity index (χ0v) is 7.76. The van der Waals surface area contributed by atoms with Crippen molar-refractivity contribution >= 4 is 6.03 Å². The first-order chi connectivity index (χ1) is 5.54. The highest BCUT2D eigenvalue weighted by Gasteiger charge is 2.38. The van der Waals surface area contributed by atoms with Gasteiger partial charge in [0.15, 0.2) is 0 Å². The maximum Gasteiger partial charge on any atom is 0.312 e. The molecule has 2 amide bonds. The fourth-order valence-electron chi connectivity index (χ4n) is 1.79. The number of hydrogen-bond acceptors (Lipinski definition) is 2. The molecule has 0 radical (unpaired) electrons. The minimum atomic E-state index is -0.406. The van der Waals surface area contributed by atoms with Crippen LogP contribution in [0.5, 0.6) is 0 Å². The number of carbonyl (C=O) groups is 1. The van der Waals surface area contributed by atoms with Crippen LogP contribution in [0.15, 0.2) is 0 Å².